The zero-order chi connectivity index (χ0) is 24.0. The molecule has 0 saturated heterocycles. The zero-order valence-corrected chi connectivity index (χ0v) is 20.5. The molecular weight excluding hydrogens is 432 g/mol. The van der Waals surface area contributed by atoms with Gasteiger partial charge in [0.25, 0.3) is 10.0 Å². The van der Waals surface area contributed by atoms with Crippen molar-refractivity contribution in [2.24, 2.45) is 0 Å². The molecule has 0 heterocycles. The van der Waals surface area contributed by atoms with Crippen LogP contribution in [0, 0.1) is 6.92 Å². The van der Waals surface area contributed by atoms with Crippen molar-refractivity contribution in [1.29, 1.82) is 0 Å². The summed E-state index contributed by atoms with van der Waals surface area (Å²) in [6.45, 7) is 7.86. The molecule has 1 amide bonds. The Morgan fingerprint density at radius 1 is 0.879 bits per heavy atom. The van der Waals surface area contributed by atoms with Crippen molar-refractivity contribution in [3.8, 4) is 0 Å². The van der Waals surface area contributed by atoms with Gasteiger partial charge in [-0.05, 0) is 54.7 Å². The first-order valence-corrected chi connectivity index (χ1v) is 12.7. The number of aryl methyl sites for hydroxylation is 1. The van der Waals surface area contributed by atoms with E-state index in [0.717, 1.165) is 16.7 Å². The van der Waals surface area contributed by atoms with Crippen molar-refractivity contribution in [2.45, 2.75) is 51.0 Å². The number of hydrogen-bond acceptors (Lipinski definition) is 3. The molecule has 0 bridgehead atoms. The van der Waals surface area contributed by atoms with Crippen molar-refractivity contribution in [3.05, 3.63) is 95.6 Å². The summed E-state index contributed by atoms with van der Waals surface area (Å²) in [4.78, 5) is 13.2. The van der Waals surface area contributed by atoms with Gasteiger partial charge in [-0.1, -0.05) is 80.9 Å². The van der Waals surface area contributed by atoms with Crippen molar-refractivity contribution in [2.75, 3.05) is 10.8 Å². The summed E-state index contributed by atoms with van der Waals surface area (Å²) in [6.07, 6.45) is 0.698. The molecule has 33 heavy (non-hydrogen) atoms. The van der Waals surface area contributed by atoms with Crippen molar-refractivity contribution < 1.29 is 13.2 Å². The average molecular weight is 465 g/mol. The Labute approximate surface area is 197 Å². The van der Waals surface area contributed by atoms with Gasteiger partial charge in [0.2, 0.25) is 5.91 Å². The molecule has 1 N–H and O–H groups in total. The first kappa shape index (κ1) is 24.5. The molecule has 0 aromatic heterocycles. The van der Waals surface area contributed by atoms with E-state index in [0.29, 0.717) is 18.0 Å². The minimum Gasteiger partial charge on any atom is -0.348 e. The summed E-state index contributed by atoms with van der Waals surface area (Å²) in [5.74, 6) is -0.0313. The van der Waals surface area contributed by atoms with E-state index in [-0.39, 0.29) is 23.4 Å². The summed E-state index contributed by atoms with van der Waals surface area (Å²) < 4.78 is 28.2. The molecule has 3 aromatic carbocycles. The van der Waals surface area contributed by atoms with E-state index in [1.54, 1.807) is 42.5 Å². The molecular formula is C27H32N2O3S. The van der Waals surface area contributed by atoms with Gasteiger partial charge in [-0.2, -0.15) is 0 Å². The first-order chi connectivity index (χ1) is 15.7. The molecule has 0 aliphatic heterocycles. The van der Waals surface area contributed by atoms with E-state index >= 15 is 0 Å². The molecule has 0 aliphatic carbocycles. The molecule has 0 radical (unpaired) electrons. The third kappa shape index (κ3) is 6.02. The van der Waals surface area contributed by atoms with Crippen LogP contribution < -0.4 is 9.62 Å². The van der Waals surface area contributed by atoms with Gasteiger partial charge in [-0.25, -0.2) is 8.42 Å². The second kappa shape index (κ2) is 10.7. The number of benzene rings is 3. The van der Waals surface area contributed by atoms with Crippen LogP contribution in [-0.4, -0.2) is 20.9 Å². The lowest BCUT2D eigenvalue weighted by molar-refractivity contribution is -0.120. The summed E-state index contributed by atoms with van der Waals surface area (Å²) in [5, 5.41) is 3.01. The van der Waals surface area contributed by atoms with E-state index in [4.69, 9.17) is 0 Å². The third-order valence-electron chi connectivity index (χ3n) is 5.69. The summed E-state index contributed by atoms with van der Waals surface area (Å²) in [5.41, 5.74) is 3.70. The Bertz CT molecular complexity index is 1160. The largest absolute Gasteiger partial charge is 0.348 e. The maximum atomic E-state index is 13.5. The maximum Gasteiger partial charge on any atom is 0.264 e. The van der Waals surface area contributed by atoms with Gasteiger partial charge in [0, 0.05) is 0 Å². The number of rotatable bonds is 9. The number of carbonyl (C=O) groups is 1. The molecule has 5 nitrogen and oxygen atoms in total. The monoisotopic (exact) mass is 464 g/mol. The normalized spacial score (nSPS) is 12.4. The van der Waals surface area contributed by atoms with Gasteiger partial charge < -0.3 is 5.32 Å². The number of sulfonamides is 1. The third-order valence-corrected chi connectivity index (χ3v) is 7.48. The molecule has 174 valence electrons. The van der Waals surface area contributed by atoms with E-state index in [1.165, 1.54) is 4.31 Å². The van der Waals surface area contributed by atoms with Crippen LogP contribution in [0.2, 0.25) is 0 Å². The lowest BCUT2D eigenvalue weighted by atomic mass is 10.0. The van der Waals surface area contributed by atoms with Crippen LogP contribution in [0.3, 0.4) is 0 Å². The minimum absolute atomic E-state index is 0.149. The van der Waals surface area contributed by atoms with Gasteiger partial charge in [0.1, 0.15) is 6.54 Å². The highest BCUT2D eigenvalue weighted by atomic mass is 32.2. The lowest BCUT2D eigenvalue weighted by Crippen LogP contribution is -2.42. The van der Waals surface area contributed by atoms with Crippen LogP contribution in [0.1, 0.15) is 55.8 Å². The van der Waals surface area contributed by atoms with Crippen LogP contribution in [-0.2, 0) is 14.8 Å². The highest BCUT2D eigenvalue weighted by Gasteiger charge is 2.28. The van der Waals surface area contributed by atoms with Crippen molar-refractivity contribution in [1.82, 2.24) is 5.32 Å². The number of anilines is 1. The van der Waals surface area contributed by atoms with Crippen LogP contribution in [0.15, 0.2) is 83.8 Å². The standard InChI is InChI=1S/C27H32N2O3S/c1-5-26(23-13-11-21(4)12-14-23)28-27(30)19-29(24-17-15-22(16-18-24)20(2)3)33(31,32)25-9-7-6-8-10-25/h6-18,20,26H,5,19H2,1-4H3,(H,28,30)/t26-/m1/s1. The molecule has 0 spiro atoms. The Balaban J connectivity index is 1.90. The van der Waals surface area contributed by atoms with E-state index < -0.39 is 10.0 Å². The number of nitrogens with one attached hydrogen (secondary N) is 1. The summed E-state index contributed by atoms with van der Waals surface area (Å²) in [7, 11) is -3.92. The summed E-state index contributed by atoms with van der Waals surface area (Å²) >= 11 is 0. The number of hydrogen-bond donors (Lipinski definition) is 1. The van der Waals surface area contributed by atoms with Gasteiger partial charge >= 0.3 is 0 Å². The second-order valence-electron chi connectivity index (χ2n) is 8.51. The molecule has 0 aliphatic rings. The smallest absolute Gasteiger partial charge is 0.264 e. The Morgan fingerprint density at radius 3 is 2.00 bits per heavy atom. The molecule has 0 saturated carbocycles. The Morgan fingerprint density at radius 2 is 1.45 bits per heavy atom. The van der Waals surface area contributed by atoms with Crippen molar-refractivity contribution in [3.63, 3.8) is 0 Å². The number of nitrogens with zero attached hydrogens (tertiary/aromatic N) is 1. The number of amides is 1. The van der Waals surface area contributed by atoms with Gasteiger partial charge in [0.15, 0.2) is 0 Å². The average Bonchev–Trinajstić information content (AvgIpc) is 2.82. The van der Waals surface area contributed by atoms with Crippen molar-refractivity contribution >= 4 is 21.6 Å². The first-order valence-electron chi connectivity index (χ1n) is 11.3. The van der Waals surface area contributed by atoms with Gasteiger partial charge in [-0.3, -0.25) is 9.10 Å². The molecule has 0 unspecified atom stereocenters. The SMILES string of the molecule is CC[C@@H](NC(=O)CN(c1ccc(C(C)C)cc1)S(=O)(=O)c1ccccc1)c1ccc(C)cc1. The topological polar surface area (TPSA) is 66.5 Å². The Kier molecular flexibility index (Phi) is 7.92. The van der Waals surface area contributed by atoms with E-state index in [1.807, 2.05) is 50.2 Å². The molecule has 1 atom stereocenters. The highest BCUT2D eigenvalue weighted by molar-refractivity contribution is 7.92. The molecule has 6 heteroatoms. The van der Waals surface area contributed by atoms with Gasteiger partial charge in [0.05, 0.1) is 16.6 Å². The van der Waals surface area contributed by atoms with E-state index in [2.05, 4.69) is 19.2 Å². The van der Waals surface area contributed by atoms with Crippen LogP contribution in [0.25, 0.3) is 0 Å². The van der Waals surface area contributed by atoms with Crippen LogP contribution >= 0.6 is 0 Å². The predicted molar refractivity (Wildman–Crippen MR) is 134 cm³/mol. The highest BCUT2D eigenvalue weighted by Crippen LogP contribution is 2.26. The molecule has 3 rings (SSSR count). The predicted octanol–water partition coefficient (Wildman–Crippen LogP) is 5.58. The fraction of sp³-hybridized carbons (Fsp3) is 0.296. The lowest BCUT2D eigenvalue weighted by Gasteiger charge is -2.26. The minimum atomic E-state index is -3.92. The van der Waals surface area contributed by atoms with Gasteiger partial charge in [-0.15, -0.1) is 0 Å². The molecule has 0 fully saturated rings. The maximum absolute atomic E-state index is 13.5. The zero-order valence-electron chi connectivity index (χ0n) is 19.7. The quantitative estimate of drug-likeness (QED) is 0.449. The Hall–Kier alpha value is -3.12. The van der Waals surface area contributed by atoms with Crippen LogP contribution in [0.5, 0.6) is 0 Å². The summed E-state index contributed by atoms with van der Waals surface area (Å²) in [6, 6.07) is 23.4. The molecule has 3 aromatic rings. The second-order valence-corrected chi connectivity index (χ2v) is 10.4. The fourth-order valence-corrected chi connectivity index (χ4v) is 5.09. The van der Waals surface area contributed by atoms with Crippen LogP contribution in [0.4, 0.5) is 5.69 Å². The van der Waals surface area contributed by atoms with E-state index in [9.17, 15) is 13.2 Å². The fourth-order valence-electron chi connectivity index (χ4n) is 3.65. The number of carbonyl (C=O) groups excluding carboxylic acids is 1.